The van der Waals surface area contributed by atoms with E-state index in [0.29, 0.717) is 37.9 Å². The van der Waals surface area contributed by atoms with E-state index in [4.69, 9.17) is 4.74 Å². The molecule has 3 aromatic rings. The van der Waals surface area contributed by atoms with Gasteiger partial charge in [-0.25, -0.2) is 4.68 Å². The fraction of sp³-hybridized carbons (Fsp3) is 0.457. The Balaban J connectivity index is 1.40. The minimum absolute atomic E-state index is 0.0730. The number of fused-ring (bicyclic) bond motifs is 2. The van der Waals surface area contributed by atoms with Gasteiger partial charge in [-0.2, -0.15) is 0 Å². The summed E-state index contributed by atoms with van der Waals surface area (Å²) in [5.41, 5.74) is 0.292. The minimum Gasteiger partial charge on any atom is -0.394 e. The molecule has 6 rings (SSSR count). The molecule has 1 aromatic heterocycles. The molecule has 0 aliphatic carbocycles. The van der Waals surface area contributed by atoms with Crippen LogP contribution in [0, 0.1) is 11.8 Å². The van der Waals surface area contributed by atoms with Crippen molar-refractivity contribution in [3.63, 3.8) is 0 Å². The van der Waals surface area contributed by atoms with Crippen LogP contribution in [0.5, 0.6) is 0 Å². The second-order valence-corrected chi connectivity index (χ2v) is 12.7. The summed E-state index contributed by atoms with van der Waals surface area (Å²) in [5, 5.41) is 18.8. The molecule has 6 atom stereocenters. The lowest BCUT2D eigenvalue weighted by atomic mass is 9.64. The average Bonchev–Trinajstić information content (AvgIpc) is 3.81. The molecule has 3 saturated heterocycles. The van der Waals surface area contributed by atoms with Gasteiger partial charge in [0.1, 0.15) is 23.8 Å². The van der Waals surface area contributed by atoms with Gasteiger partial charge in [0, 0.05) is 19.6 Å². The van der Waals surface area contributed by atoms with Crippen LogP contribution in [0.3, 0.4) is 0 Å². The fourth-order valence-electron chi connectivity index (χ4n) is 7.99. The lowest BCUT2D eigenvalue weighted by molar-refractivity contribution is -0.158. The van der Waals surface area contributed by atoms with Gasteiger partial charge in [-0.15, -0.1) is 18.3 Å². The smallest absolute Gasteiger partial charge is 0.250 e. The highest BCUT2D eigenvalue weighted by Gasteiger charge is 2.79. The normalized spacial score (nSPS) is 27.1. The van der Waals surface area contributed by atoms with Gasteiger partial charge in [0.15, 0.2) is 0 Å². The van der Waals surface area contributed by atoms with Crippen molar-refractivity contribution in [3.05, 3.63) is 85.5 Å². The predicted octanol–water partition coefficient (Wildman–Crippen LogP) is 3.15. The standard InChI is InChI=1S/C35H42N6O5/c1-5-19-38(21-25-13-9-8-10-14-25)31(43)28-29-32(44)41(24(4)22-42)30(35(29)18-17-34(28,7-3)46-35)33(45)39(20-6-2)23-40-27-16-12-11-15-26(27)36-37-40/h5-6,8-16,24,28-30,42H,1-2,7,17-23H2,3-4H3/t24-,28+,29+,30?,34-,35?/m1/s1. The van der Waals surface area contributed by atoms with Crippen molar-refractivity contribution >= 4 is 28.8 Å². The number of hydrogen-bond acceptors (Lipinski definition) is 7. The summed E-state index contributed by atoms with van der Waals surface area (Å²) in [4.78, 5) is 48.8. The molecule has 46 heavy (non-hydrogen) atoms. The monoisotopic (exact) mass is 626 g/mol. The van der Waals surface area contributed by atoms with Crippen LogP contribution in [0.1, 0.15) is 38.7 Å². The van der Waals surface area contributed by atoms with Gasteiger partial charge in [-0.1, -0.05) is 66.8 Å². The van der Waals surface area contributed by atoms with Gasteiger partial charge in [0.25, 0.3) is 0 Å². The van der Waals surface area contributed by atoms with Crippen LogP contribution in [-0.2, 0) is 32.3 Å². The second kappa shape index (κ2) is 12.4. The quantitative estimate of drug-likeness (QED) is 0.290. The third kappa shape index (κ3) is 4.93. The molecule has 11 heteroatoms. The van der Waals surface area contributed by atoms with Crippen molar-refractivity contribution < 1.29 is 24.2 Å². The molecular weight excluding hydrogens is 584 g/mol. The first-order chi connectivity index (χ1) is 22.2. The third-order valence-electron chi connectivity index (χ3n) is 10.1. The average molecular weight is 627 g/mol. The topological polar surface area (TPSA) is 121 Å². The van der Waals surface area contributed by atoms with Crippen molar-refractivity contribution in [1.29, 1.82) is 0 Å². The zero-order valence-corrected chi connectivity index (χ0v) is 26.5. The Kier molecular flexibility index (Phi) is 8.56. The number of benzene rings is 2. The molecule has 4 heterocycles. The van der Waals surface area contributed by atoms with Gasteiger partial charge in [0.2, 0.25) is 17.7 Å². The third-order valence-corrected chi connectivity index (χ3v) is 10.1. The highest BCUT2D eigenvalue weighted by Crippen LogP contribution is 2.65. The molecule has 242 valence electrons. The van der Waals surface area contributed by atoms with Crippen molar-refractivity contribution in [2.75, 3.05) is 19.7 Å². The summed E-state index contributed by atoms with van der Waals surface area (Å²) in [6, 6.07) is 15.5. The number of aliphatic hydroxyl groups excluding tert-OH is 1. The van der Waals surface area contributed by atoms with Crippen molar-refractivity contribution in [1.82, 2.24) is 29.7 Å². The number of hydrogen-bond donors (Lipinski definition) is 1. The lowest BCUT2D eigenvalue weighted by Crippen LogP contribution is -2.58. The van der Waals surface area contributed by atoms with Crippen LogP contribution < -0.4 is 0 Å². The van der Waals surface area contributed by atoms with E-state index >= 15 is 0 Å². The number of nitrogens with zero attached hydrogens (tertiary/aromatic N) is 6. The maximum absolute atomic E-state index is 14.8. The molecule has 0 radical (unpaired) electrons. The SMILES string of the molecule is C=CCN(Cn1nnc2ccccc21)C(=O)C1N([C@H](C)CO)C(=O)[C@@H]2[C@@H](C(=O)N(CC=C)Cc3ccccc3)[C@@]3(CC)CCC12O3. The molecule has 2 unspecified atom stereocenters. The maximum atomic E-state index is 14.8. The van der Waals surface area contributed by atoms with Gasteiger partial charge >= 0.3 is 0 Å². The Morgan fingerprint density at radius 2 is 1.76 bits per heavy atom. The first-order valence-electron chi connectivity index (χ1n) is 16.0. The number of aromatic nitrogens is 3. The predicted molar refractivity (Wildman–Crippen MR) is 172 cm³/mol. The largest absolute Gasteiger partial charge is 0.394 e. The molecule has 3 amide bonds. The van der Waals surface area contributed by atoms with E-state index < -0.39 is 35.1 Å². The van der Waals surface area contributed by atoms with E-state index in [0.717, 1.165) is 11.1 Å². The highest BCUT2D eigenvalue weighted by molar-refractivity contribution is 5.99. The fourth-order valence-corrected chi connectivity index (χ4v) is 7.99. The van der Waals surface area contributed by atoms with Crippen LogP contribution in [0.25, 0.3) is 11.0 Å². The molecule has 0 saturated carbocycles. The van der Waals surface area contributed by atoms with Crippen LogP contribution in [0.15, 0.2) is 79.9 Å². The van der Waals surface area contributed by atoms with Gasteiger partial charge in [0.05, 0.1) is 35.6 Å². The zero-order chi connectivity index (χ0) is 32.6. The maximum Gasteiger partial charge on any atom is 0.250 e. The first kappa shape index (κ1) is 31.6. The number of rotatable bonds is 13. The number of ether oxygens (including phenoxy) is 1. The minimum atomic E-state index is -1.23. The molecule has 3 aliphatic rings. The molecule has 2 aromatic carbocycles. The molecule has 3 aliphatic heterocycles. The molecule has 3 fully saturated rings. The Labute approximate surface area is 269 Å². The summed E-state index contributed by atoms with van der Waals surface area (Å²) < 4.78 is 8.62. The summed E-state index contributed by atoms with van der Waals surface area (Å²) in [6.07, 6.45) is 4.82. The highest BCUT2D eigenvalue weighted by atomic mass is 16.5. The van der Waals surface area contributed by atoms with Crippen molar-refractivity contribution in [2.45, 2.75) is 69.6 Å². The Morgan fingerprint density at radius 3 is 2.46 bits per heavy atom. The van der Waals surface area contributed by atoms with E-state index in [9.17, 15) is 19.5 Å². The number of aliphatic hydroxyl groups is 1. The summed E-state index contributed by atoms with van der Waals surface area (Å²) >= 11 is 0. The molecular formula is C35H42N6O5. The molecule has 1 N–H and O–H groups in total. The summed E-state index contributed by atoms with van der Waals surface area (Å²) in [6.45, 7) is 12.0. The van der Waals surface area contributed by atoms with Gasteiger partial charge < -0.3 is 24.5 Å². The second-order valence-electron chi connectivity index (χ2n) is 12.7. The van der Waals surface area contributed by atoms with Gasteiger partial charge in [-0.05, 0) is 43.9 Å². The van der Waals surface area contributed by atoms with E-state index in [1.165, 1.54) is 4.90 Å². The number of para-hydroxylation sites is 1. The zero-order valence-electron chi connectivity index (χ0n) is 26.5. The number of carbonyl (C=O) groups excluding carboxylic acids is 3. The van der Waals surface area contributed by atoms with E-state index in [-0.39, 0.29) is 37.5 Å². The van der Waals surface area contributed by atoms with Crippen LogP contribution in [0.2, 0.25) is 0 Å². The van der Waals surface area contributed by atoms with Crippen molar-refractivity contribution in [3.8, 4) is 0 Å². The Morgan fingerprint density at radius 1 is 1.07 bits per heavy atom. The van der Waals surface area contributed by atoms with Gasteiger partial charge in [-0.3, -0.25) is 14.4 Å². The Bertz CT molecular complexity index is 1640. The number of likely N-dealkylation sites (tertiary alicyclic amines) is 1. The van der Waals surface area contributed by atoms with Crippen LogP contribution >= 0.6 is 0 Å². The molecule has 11 nitrogen and oxygen atoms in total. The van der Waals surface area contributed by atoms with E-state index in [1.54, 1.807) is 33.6 Å². The number of amides is 3. The van der Waals surface area contributed by atoms with Crippen molar-refractivity contribution in [2.24, 2.45) is 11.8 Å². The molecule has 1 spiro atoms. The lowest BCUT2D eigenvalue weighted by Gasteiger charge is -2.38. The van der Waals surface area contributed by atoms with E-state index in [2.05, 4.69) is 23.5 Å². The van der Waals surface area contributed by atoms with Crippen LogP contribution in [0.4, 0.5) is 0 Å². The van der Waals surface area contributed by atoms with Crippen LogP contribution in [-0.4, -0.2) is 95.5 Å². The van der Waals surface area contributed by atoms with E-state index in [1.807, 2.05) is 61.5 Å². The number of carbonyl (C=O) groups is 3. The molecule has 2 bridgehead atoms. The Hall–Kier alpha value is -4.35. The summed E-state index contributed by atoms with van der Waals surface area (Å²) in [5.74, 6) is -2.54. The first-order valence-corrected chi connectivity index (χ1v) is 16.0. The summed E-state index contributed by atoms with van der Waals surface area (Å²) in [7, 11) is 0.